The predicted molar refractivity (Wildman–Crippen MR) is 62.8 cm³/mol. The number of carbonyl (C=O) groups is 2. The number of hydrogen-bond acceptors (Lipinski definition) is 4. The van der Waals surface area contributed by atoms with Gasteiger partial charge in [0, 0.05) is 19.1 Å². The molecule has 1 aromatic heterocycles. The normalized spacial score (nSPS) is 20.1. The van der Waals surface area contributed by atoms with Gasteiger partial charge in [-0.15, -0.1) is 11.3 Å². The van der Waals surface area contributed by atoms with Crippen LogP contribution in [0.1, 0.15) is 32.7 Å². The second-order valence-corrected chi connectivity index (χ2v) is 5.10. The van der Waals surface area contributed by atoms with Gasteiger partial charge in [0.25, 0.3) is 5.91 Å². The zero-order valence-electron chi connectivity index (χ0n) is 9.10. The van der Waals surface area contributed by atoms with E-state index >= 15 is 0 Å². The average Bonchev–Trinajstić information content (AvgIpc) is 2.84. The van der Waals surface area contributed by atoms with Crippen LogP contribution in [0.15, 0.2) is 12.1 Å². The van der Waals surface area contributed by atoms with Crippen molar-refractivity contribution in [2.24, 2.45) is 5.73 Å². The highest BCUT2D eigenvalue weighted by Crippen LogP contribution is 2.20. The molecule has 1 amide bonds. The number of carbonyl (C=O) groups excluding carboxylic acids is 2. The van der Waals surface area contributed by atoms with E-state index in [9.17, 15) is 9.59 Å². The third-order valence-electron chi connectivity index (χ3n) is 2.68. The van der Waals surface area contributed by atoms with Gasteiger partial charge in [-0.1, -0.05) is 0 Å². The number of hydrogen-bond donors (Lipinski definition) is 1. The lowest BCUT2D eigenvalue weighted by molar-refractivity contribution is 0.0795. The summed E-state index contributed by atoms with van der Waals surface area (Å²) in [4.78, 5) is 26.1. The molecule has 1 saturated heterocycles. The molecule has 1 aliphatic heterocycles. The largest absolute Gasteiger partial charge is 0.336 e. The number of nitrogens with zero attached hydrogens (tertiary/aromatic N) is 1. The number of ketones is 1. The highest BCUT2D eigenvalue weighted by Gasteiger charge is 2.25. The van der Waals surface area contributed by atoms with E-state index < -0.39 is 0 Å². The Kier molecular flexibility index (Phi) is 3.07. The molecule has 1 fully saturated rings. The van der Waals surface area contributed by atoms with Crippen molar-refractivity contribution in [1.29, 1.82) is 0 Å². The highest BCUT2D eigenvalue weighted by molar-refractivity contribution is 7.15. The van der Waals surface area contributed by atoms with Crippen LogP contribution in [0.3, 0.4) is 0 Å². The monoisotopic (exact) mass is 238 g/mol. The van der Waals surface area contributed by atoms with Crippen molar-refractivity contribution in [3.05, 3.63) is 21.9 Å². The molecule has 2 heterocycles. The van der Waals surface area contributed by atoms with Gasteiger partial charge in [-0.05, 0) is 25.5 Å². The smallest absolute Gasteiger partial charge is 0.263 e. The fourth-order valence-electron chi connectivity index (χ4n) is 1.77. The summed E-state index contributed by atoms with van der Waals surface area (Å²) in [6, 6.07) is 3.51. The molecular weight excluding hydrogens is 224 g/mol. The Bertz CT molecular complexity index is 427. The molecule has 2 N–H and O–H groups in total. The maximum absolute atomic E-state index is 12.0. The molecule has 86 valence electrons. The first kappa shape index (κ1) is 11.3. The van der Waals surface area contributed by atoms with Crippen LogP contribution >= 0.6 is 11.3 Å². The molecule has 1 aliphatic rings. The molecule has 1 atom stereocenters. The molecule has 0 aliphatic carbocycles. The van der Waals surface area contributed by atoms with Crippen molar-refractivity contribution in [1.82, 2.24) is 4.90 Å². The van der Waals surface area contributed by atoms with Gasteiger partial charge in [-0.2, -0.15) is 0 Å². The minimum Gasteiger partial charge on any atom is -0.336 e. The third kappa shape index (κ3) is 2.15. The predicted octanol–water partition coefficient (Wildman–Crippen LogP) is 1.12. The van der Waals surface area contributed by atoms with Crippen LogP contribution in [-0.2, 0) is 0 Å². The summed E-state index contributed by atoms with van der Waals surface area (Å²) in [6.07, 6.45) is 0.858. The molecule has 2 rings (SSSR count). The van der Waals surface area contributed by atoms with E-state index in [1.807, 2.05) is 0 Å². The van der Waals surface area contributed by atoms with Crippen LogP contribution in [0, 0.1) is 0 Å². The topological polar surface area (TPSA) is 63.4 Å². The lowest BCUT2D eigenvalue weighted by Crippen LogP contribution is -2.31. The summed E-state index contributed by atoms with van der Waals surface area (Å²) in [5.41, 5.74) is 5.75. The SMILES string of the molecule is CC(=O)c1ccc(C(=O)N2CC[C@@H](N)C2)s1. The van der Waals surface area contributed by atoms with Crippen LogP contribution < -0.4 is 5.73 Å². The summed E-state index contributed by atoms with van der Waals surface area (Å²) < 4.78 is 0. The van der Waals surface area contributed by atoms with Crippen LogP contribution in [0.5, 0.6) is 0 Å². The Morgan fingerprint density at radius 3 is 2.62 bits per heavy atom. The molecule has 5 heteroatoms. The van der Waals surface area contributed by atoms with Crippen molar-refractivity contribution in [2.75, 3.05) is 13.1 Å². The van der Waals surface area contributed by atoms with E-state index in [-0.39, 0.29) is 17.7 Å². The minimum atomic E-state index is -0.00884. The number of amides is 1. The molecular formula is C11H14N2O2S. The lowest BCUT2D eigenvalue weighted by Gasteiger charge is -2.13. The lowest BCUT2D eigenvalue weighted by atomic mass is 10.3. The van der Waals surface area contributed by atoms with Gasteiger partial charge < -0.3 is 10.6 Å². The third-order valence-corrected chi connectivity index (χ3v) is 3.85. The summed E-state index contributed by atoms with van der Waals surface area (Å²) in [5, 5.41) is 0. The molecule has 4 nitrogen and oxygen atoms in total. The number of Topliss-reactive ketones (excluding diaryl/α,β-unsaturated/α-hetero) is 1. The fraction of sp³-hybridized carbons (Fsp3) is 0.455. The molecule has 1 aromatic rings. The first-order chi connectivity index (χ1) is 7.58. The van der Waals surface area contributed by atoms with E-state index in [0.717, 1.165) is 6.42 Å². The molecule has 16 heavy (non-hydrogen) atoms. The second kappa shape index (κ2) is 4.35. The van der Waals surface area contributed by atoms with E-state index in [2.05, 4.69) is 0 Å². The minimum absolute atomic E-state index is 0.00201. The molecule has 0 bridgehead atoms. The Balaban J connectivity index is 2.11. The van der Waals surface area contributed by atoms with Crippen LogP contribution in [0.2, 0.25) is 0 Å². The van der Waals surface area contributed by atoms with Crippen molar-refractivity contribution in [3.8, 4) is 0 Å². The summed E-state index contributed by atoms with van der Waals surface area (Å²) >= 11 is 1.26. The van der Waals surface area contributed by atoms with Gasteiger partial charge >= 0.3 is 0 Å². The second-order valence-electron chi connectivity index (χ2n) is 4.02. The first-order valence-corrected chi connectivity index (χ1v) is 6.05. The fourth-order valence-corrected chi connectivity index (χ4v) is 2.64. The summed E-state index contributed by atoms with van der Waals surface area (Å²) in [5.74, 6) is -0.00683. The van der Waals surface area contributed by atoms with Gasteiger partial charge in [0.15, 0.2) is 5.78 Å². The van der Waals surface area contributed by atoms with Gasteiger partial charge in [0.2, 0.25) is 0 Å². The summed E-state index contributed by atoms with van der Waals surface area (Å²) in [7, 11) is 0. The molecule has 0 spiro atoms. The molecule has 0 aromatic carbocycles. The van der Waals surface area contributed by atoms with Crippen molar-refractivity contribution < 1.29 is 9.59 Å². The van der Waals surface area contributed by atoms with Gasteiger partial charge in [0.05, 0.1) is 9.75 Å². The maximum Gasteiger partial charge on any atom is 0.263 e. The Hall–Kier alpha value is -1.20. The van der Waals surface area contributed by atoms with E-state index in [0.29, 0.717) is 22.8 Å². The van der Waals surface area contributed by atoms with Crippen molar-refractivity contribution >= 4 is 23.0 Å². The zero-order valence-corrected chi connectivity index (χ0v) is 9.92. The number of likely N-dealkylation sites (tertiary alicyclic amines) is 1. The van der Waals surface area contributed by atoms with Gasteiger partial charge in [-0.3, -0.25) is 9.59 Å². The van der Waals surface area contributed by atoms with E-state index in [4.69, 9.17) is 5.73 Å². The number of thiophene rings is 1. The molecule has 0 unspecified atom stereocenters. The van der Waals surface area contributed by atoms with Gasteiger partial charge in [0.1, 0.15) is 0 Å². The number of nitrogens with two attached hydrogens (primary N) is 1. The Labute approximate surface area is 98.0 Å². The Morgan fingerprint density at radius 2 is 2.12 bits per heavy atom. The molecule has 0 radical (unpaired) electrons. The van der Waals surface area contributed by atoms with Crippen molar-refractivity contribution in [3.63, 3.8) is 0 Å². The van der Waals surface area contributed by atoms with E-state index in [1.165, 1.54) is 18.3 Å². The standard InChI is InChI=1S/C11H14N2O2S/c1-7(14)9-2-3-10(16-9)11(15)13-5-4-8(12)6-13/h2-3,8H,4-6,12H2,1H3/t8-/m1/s1. The van der Waals surface area contributed by atoms with E-state index in [1.54, 1.807) is 17.0 Å². The highest BCUT2D eigenvalue weighted by atomic mass is 32.1. The van der Waals surface area contributed by atoms with Gasteiger partial charge in [-0.25, -0.2) is 0 Å². The zero-order chi connectivity index (χ0) is 11.7. The number of rotatable bonds is 2. The maximum atomic E-state index is 12.0. The van der Waals surface area contributed by atoms with Crippen LogP contribution in [0.4, 0.5) is 0 Å². The van der Waals surface area contributed by atoms with Crippen LogP contribution in [0.25, 0.3) is 0 Å². The average molecular weight is 238 g/mol. The van der Waals surface area contributed by atoms with Crippen LogP contribution in [-0.4, -0.2) is 35.7 Å². The Morgan fingerprint density at radius 1 is 1.44 bits per heavy atom. The molecule has 0 saturated carbocycles. The summed E-state index contributed by atoms with van der Waals surface area (Å²) in [6.45, 7) is 2.84. The van der Waals surface area contributed by atoms with Crippen molar-refractivity contribution in [2.45, 2.75) is 19.4 Å². The first-order valence-electron chi connectivity index (χ1n) is 5.23. The quantitative estimate of drug-likeness (QED) is 0.785.